The quantitative estimate of drug-likeness (QED) is 0.584. The van der Waals surface area contributed by atoms with Crippen molar-refractivity contribution in [2.75, 3.05) is 19.6 Å². The van der Waals surface area contributed by atoms with E-state index in [-0.39, 0.29) is 29.8 Å². The molecule has 0 spiro atoms. The van der Waals surface area contributed by atoms with Gasteiger partial charge >= 0.3 is 0 Å². The van der Waals surface area contributed by atoms with Gasteiger partial charge in [-0.3, -0.25) is 4.79 Å². The van der Waals surface area contributed by atoms with E-state index in [4.69, 9.17) is 5.73 Å². The third-order valence-corrected chi connectivity index (χ3v) is 2.12. The van der Waals surface area contributed by atoms with Crippen molar-refractivity contribution in [3.05, 3.63) is 0 Å². The van der Waals surface area contributed by atoms with Crippen LogP contribution in [0, 0.1) is 5.92 Å². The minimum absolute atomic E-state index is 0. The number of carbonyl (C=O) groups is 1. The number of hydrogen-bond acceptors (Lipinski definition) is 3. The summed E-state index contributed by atoms with van der Waals surface area (Å²) in [6, 6.07) is 0. The fourth-order valence-corrected chi connectivity index (χ4v) is 0.961. The molecule has 0 radical (unpaired) electrons. The molecule has 1 amide bonds. The summed E-state index contributed by atoms with van der Waals surface area (Å²) >= 11 is 0. The van der Waals surface area contributed by atoms with Crippen molar-refractivity contribution in [1.82, 2.24) is 10.6 Å². The maximum Gasteiger partial charge on any atom is 0.226 e. The molecule has 0 aromatic heterocycles. The number of halogens is 1. The zero-order chi connectivity index (χ0) is 9.19. The zero-order valence-corrected chi connectivity index (χ0v) is 8.91. The normalized spacial score (nSPS) is 17.2. The first-order chi connectivity index (χ1) is 5.55. The maximum absolute atomic E-state index is 11.4. The Morgan fingerprint density at radius 3 is 2.46 bits per heavy atom. The molecule has 1 aliphatic rings. The molecule has 0 bridgehead atoms. The van der Waals surface area contributed by atoms with Crippen molar-refractivity contribution in [1.29, 1.82) is 0 Å². The smallest absolute Gasteiger partial charge is 0.226 e. The van der Waals surface area contributed by atoms with Crippen LogP contribution in [0.2, 0.25) is 0 Å². The minimum Gasteiger partial charge on any atom is -0.350 e. The summed E-state index contributed by atoms with van der Waals surface area (Å²) in [5.74, 6) is 0.264. The average Bonchev–Trinajstić information content (AvgIpc) is 1.82. The molecule has 4 N–H and O–H groups in total. The lowest BCUT2D eigenvalue weighted by Gasteiger charge is -2.31. The number of rotatable bonds is 3. The molecule has 78 valence electrons. The van der Waals surface area contributed by atoms with Gasteiger partial charge in [-0.25, -0.2) is 0 Å². The molecule has 1 fully saturated rings. The first-order valence-corrected chi connectivity index (χ1v) is 4.28. The molecule has 1 heterocycles. The van der Waals surface area contributed by atoms with Crippen LogP contribution in [-0.4, -0.2) is 31.1 Å². The van der Waals surface area contributed by atoms with Crippen LogP contribution in [0.15, 0.2) is 0 Å². The topological polar surface area (TPSA) is 67.1 Å². The van der Waals surface area contributed by atoms with Gasteiger partial charge in [-0.1, -0.05) is 0 Å². The highest BCUT2D eigenvalue weighted by atomic mass is 35.5. The molecule has 0 aromatic carbocycles. The fraction of sp³-hybridized carbons (Fsp3) is 0.875. The Morgan fingerprint density at radius 1 is 1.62 bits per heavy atom. The lowest BCUT2D eigenvalue weighted by atomic mass is 9.99. The lowest BCUT2D eigenvalue weighted by molar-refractivity contribution is -0.127. The van der Waals surface area contributed by atoms with Crippen molar-refractivity contribution < 1.29 is 4.79 Å². The van der Waals surface area contributed by atoms with E-state index in [1.54, 1.807) is 0 Å². The van der Waals surface area contributed by atoms with Crippen LogP contribution in [0.4, 0.5) is 0 Å². The van der Waals surface area contributed by atoms with E-state index in [1.165, 1.54) is 0 Å². The standard InChI is InChI=1S/C8H17N3O.ClH/c1-8(2,5-9)11-7(12)6-3-10-4-6;/h6,10H,3-5,9H2,1-2H3,(H,11,12);1H. The molecular formula is C8H18ClN3O. The molecule has 0 saturated carbocycles. The van der Waals surface area contributed by atoms with Gasteiger partial charge < -0.3 is 16.4 Å². The van der Waals surface area contributed by atoms with Gasteiger partial charge in [0, 0.05) is 25.2 Å². The van der Waals surface area contributed by atoms with Crippen molar-refractivity contribution in [2.24, 2.45) is 11.7 Å². The number of hydrogen-bond donors (Lipinski definition) is 3. The zero-order valence-electron chi connectivity index (χ0n) is 8.09. The number of nitrogens with two attached hydrogens (primary N) is 1. The van der Waals surface area contributed by atoms with E-state index in [9.17, 15) is 4.79 Å². The molecule has 0 unspecified atom stereocenters. The van der Waals surface area contributed by atoms with Crippen LogP contribution in [0.1, 0.15) is 13.8 Å². The molecule has 0 aromatic rings. The van der Waals surface area contributed by atoms with Crippen LogP contribution in [0.5, 0.6) is 0 Å². The molecule has 0 aliphatic carbocycles. The van der Waals surface area contributed by atoms with Gasteiger partial charge in [0.2, 0.25) is 5.91 Å². The maximum atomic E-state index is 11.4. The van der Waals surface area contributed by atoms with Gasteiger partial charge in [0.1, 0.15) is 0 Å². The van der Waals surface area contributed by atoms with Crippen LogP contribution in [0.25, 0.3) is 0 Å². The molecule has 1 saturated heterocycles. The summed E-state index contributed by atoms with van der Waals surface area (Å²) in [7, 11) is 0. The van der Waals surface area contributed by atoms with Crippen LogP contribution >= 0.6 is 12.4 Å². The summed E-state index contributed by atoms with van der Waals surface area (Å²) < 4.78 is 0. The Bertz CT molecular complexity index is 180. The Balaban J connectivity index is 0.00000144. The van der Waals surface area contributed by atoms with Gasteiger partial charge in [0.25, 0.3) is 0 Å². The third kappa shape index (κ3) is 3.50. The monoisotopic (exact) mass is 207 g/mol. The van der Waals surface area contributed by atoms with E-state index < -0.39 is 0 Å². The number of carbonyl (C=O) groups excluding carboxylic acids is 1. The van der Waals surface area contributed by atoms with Gasteiger partial charge in [-0.2, -0.15) is 0 Å². The highest BCUT2D eigenvalue weighted by Crippen LogP contribution is 2.06. The van der Waals surface area contributed by atoms with Gasteiger partial charge in [-0.15, -0.1) is 12.4 Å². The third-order valence-electron chi connectivity index (χ3n) is 2.12. The Kier molecular flexibility index (Phi) is 4.67. The molecule has 13 heavy (non-hydrogen) atoms. The van der Waals surface area contributed by atoms with E-state index in [2.05, 4.69) is 10.6 Å². The largest absolute Gasteiger partial charge is 0.350 e. The molecule has 1 aliphatic heterocycles. The van der Waals surface area contributed by atoms with Crippen LogP contribution in [0.3, 0.4) is 0 Å². The summed E-state index contributed by atoms with van der Waals surface area (Å²) in [6.45, 7) is 5.92. The van der Waals surface area contributed by atoms with E-state index >= 15 is 0 Å². The second kappa shape index (κ2) is 4.79. The Hall–Kier alpha value is -0.320. The van der Waals surface area contributed by atoms with Crippen molar-refractivity contribution in [2.45, 2.75) is 19.4 Å². The van der Waals surface area contributed by atoms with Crippen molar-refractivity contribution in [3.63, 3.8) is 0 Å². The molecular weight excluding hydrogens is 190 g/mol. The number of nitrogens with one attached hydrogen (secondary N) is 2. The van der Waals surface area contributed by atoms with E-state index in [0.717, 1.165) is 13.1 Å². The van der Waals surface area contributed by atoms with Crippen LogP contribution in [-0.2, 0) is 4.79 Å². The van der Waals surface area contributed by atoms with E-state index in [1.807, 2.05) is 13.8 Å². The predicted molar refractivity (Wildman–Crippen MR) is 54.9 cm³/mol. The lowest BCUT2D eigenvalue weighted by Crippen LogP contribution is -2.57. The number of amides is 1. The Labute approximate surface area is 85.0 Å². The first-order valence-electron chi connectivity index (χ1n) is 4.28. The van der Waals surface area contributed by atoms with Crippen LogP contribution < -0.4 is 16.4 Å². The highest BCUT2D eigenvalue weighted by Gasteiger charge is 2.28. The van der Waals surface area contributed by atoms with Crippen molar-refractivity contribution >= 4 is 18.3 Å². The summed E-state index contributed by atoms with van der Waals surface area (Å²) in [4.78, 5) is 11.4. The summed E-state index contributed by atoms with van der Waals surface area (Å²) in [5.41, 5.74) is 5.21. The van der Waals surface area contributed by atoms with Crippen molar-refractivity contribution in [3.8, 4) is 0 Å². The molecule has 1 rings (SSSR count). The van der Waals surface area contributed by atoms with Gasteiger partial charge in [-0.05, 0) is 13.8 Å². The SMILES string of the molecule is CC(C)(CN)NC(=O)C1CNC1.Cl. The first kappa shape index (κ1) is 12.7. The van der Waals surface area contributed by atoms with Gasteiger partial charge in [0.05, 0.1) is 5.92 Å². The predicted octanol–water partition coefficient (Wildman–Crippen LogP) is -0.519. The highest BCUT2D eigenvalue weighted by molar-refractivity contribution is 5.85. The molecule has 0 atom stereocenters. The molecule has 5 heteroatoms. The Morgan fingerprint density at radius 2 is 2.15 bits per heavy atom. The average molecular weight is 208 g/mol. The van der Waals surface area contributed by atoms with Gasteiger partial charge in [0.15, 0.2) is 0 Å². The summed E-state index contributed by atoms with van der Waals surface area (Å²) in [5, 5.41) is 5.96. The summed E-state index contributed by atoms with van der Waals surface area (Å²) in [6.07, 6.45) is 0. The minimum atomic E-state index is -0.271. The molecule has 4 nitrogen and oxygen atoms in total. The second-order valence-corrected chi connectivity index (χ2v) is 3.93. The fourth-order valence-electron chi connectivity index (χ4n) is 0.961. The van der Waals surface area contributed by atoms with E-state index in [0.29, 0.717) is 6.54 Å². The second-order valence-electron chi connectivity index (χ2n) is 3.93.